The molecule has 0 atom stereocenters. The van der Waals surface area contributed by atoms with E-state index < -0.39 is 0 Å². The van der Waals surface area contributed by atoms with Gasteiger partial charge in [0, 0.05) is 0 Å². The molecule has 0 spiro atoms. The monoisotopic (exact) mass is 219 g/mol. The molecule has 0 radical (unpaired) electrons. The average molecular weight is 219 g/mol. The highest BCUT2D eigenvalue weighted by Crippen LogP contribution is 2.16. The number of ether oxygens (including phenoxy) is 1. The van der Waals surface area contributed by atoms with Gasteiger partial charge in [-0.25, -0.2) is 4.79 Å². The van der Waals surface area contributed by atoms with Crippen LogP contribution in [0.1, 0.15) is 27.9 Å². The first kappa shape index (κ1) is 11.1. The van der Waals surface area contributed by atoms with Crippen LogP contribution in [0.2, 0.25) is 0 Å². The number of methoxy groups -OCH3 is 1. The van der Waals surface area contributed by atoms with Crippen LogP contribution >= 0.6 is 0 Å². The number of fused-ring (bicyclic) bond motifs is 1. The van der Waals surface area contributed by atoms with Crippen LogP contribution in [-0.2, 0) is 17.6 Å². The second-order valence-corrected chi connectivity index (χ2v) is 4.08. The van der Waals surface area contributed by atoms with Crippen molar-refractivity contribution in [2.45, 2.75) is 19.3 Å². The Hall–Kier alpha value is -1.35. The number of carbonyl (C=O) groups is 1. The fourth-order valence-corrected chi connectivity index (χ4v) is 2.10. The molecule has 3 nitrogen and oxygen atoms in total. The van der Waals surface area contributed by atoms with Crippen LogP contribution in [0.15, 0.2) is 18.2 Å². The molecule has 0 saturated heterocycles. The van der Waals surface area contributed by atoms with Gasteiger partial charge in [-0.1, -0.05) is 6.07 Å². The van der Waals surface area contributed by atoms with Gasteiger partial charge in [-0.15, -0.1) is 0 Å². The van der Waals surface area contributed by atoms with E-state index in [9.17, 15) is 4.79 Å². The molecule has 0 amide bonds. The fourth-order valence-electron chi connectivity index (χ4n) is 2.10. The van der Waals surface area contributed by atoms with E-state index in [2.05, 4.69) is 11.4 Å². The summed E-state index contributed by atoms with van der Waals surface area (Å²) in [5, 5.41) is 3.37. The lowest BCUT2D eigenvalue weighted by Crippen LogP contribution is -2.22. The predicted octanol–water partition coefficient (Wildman–Crippen LogP) is 1.55. The minimum atomic E-state index is -0.252. The molecule has 1 aliphatic heterocycles. The molecule has 1 N–H and O–H groups in total. The summed E-state index contributed by atoms with van der Waals surface area (Å²) in [7, 11) is 1.42. The van der Waals surface area contributed by atoms with Crippen molar-refractivity contribution in [3.8, 4) is 0 Å². The van der Waals surface area contributed by atoms with Crippen LogP contribution in [0.25, 0.3) is 0 Å². The van der Waals surface area contributed by atoms with E-state index in [1.165, 1.54) is 18.2 Å². The highest BCUT2D eigenvalue weighted by molar-refractivity contribution is 5.89. The van der Waals surface area contributed by atoms with Crippen LogP contribution < -0.4 is 5.32 Å². The molecule has 1 heterocycles. The minimum Gasteiger partial charge on any atom is -0.465 e. The Bertz CT molecular complexity index is 388. The Morgan fingerprint density at radius 2 is 2.12 bits per heavy atom. The zero-order chi connectivity index (χ0) is 11.4. The normalized spacial score (nSPS) is 15.8. The molecule has 0 aliphatic carbocycles. The summed E-state index contributed by atoms with van der Waals surface area (Å²) in [5.41, 5.74) is 3.30. The number of hydrogen-bond donors (Lipinski definition) is 1. The van der Waals surface area contributed by atoms with E-state index in [1.54, 1.807) is 0 Å². The second kappa shape index (κ2) is 5.12. The molecule has 0 bridgehead atoms. The zero-order valence-electron chi connectivity index (χ0n) is 9.58. The maximum atomic E-state index is 11.4. The van der Waals surface area contributed by atoms with Crippen molar-refractivity contribution in [3.05, 3.63) is 34.9 Å². The number of hydrogen-bond acceptors (Lipinski definition) is 3. The first-order valence-electron chi connectivity index (χ1n) is 5.72. The molecule has 2 rings (SSSR count). The first-order valence-corrected chi connectivity index (χ1v) is 5.72. The van der Waals surface area contributed by atoms with Gasteiger partial charge in [0.25, 0.3) is 0 Å². The molecule has 0 fully saturated rings. The van der Waals surface area contributed by atoms with Crippen molar-refractivity contribution in [3.63, 3.8) is 0 Å². The summed E-state index contributed by atoms with van der Waals surface area (Å²) in [6.45, 7) is 2.07. The van der Waals surface area contributed by atoms with E-state index in [4.69, 9.17) is 4.74 Å². The molecule has 0 unspecified atom stereocenters. The lowest BCUT2D eigenvalue weighted by Gasteiger charge is -2.15. The fraction of sp³-hybridized carbons (Fsp3) is 0.462. The van der Waals surface area contributed by atoms with Crippen molar-refractivity contribution in [1.29, 1.82) is 0 Å². The lowest BCUT2D eigenvalue weighted by molar-refractivity contribution is 0.0600. The van der Waals surface area contributed by atoms with Gasteiger partial charge < -0.3 is 10.1 Å². The molecule has 1 aromatic carbocycles. The summed E-state index contributed by atoms with van der Waals surface area (Å²) >= 11 is 0. The van der Waals surface area contributed by atoms with E-state index in [-0.39, 0.29) is 5.97 Å². The number of rotatable bonds is 1. The maximum Gasteiger partial charge on any atom is 0.337 e. The van der Waals surface area contributed by atoms with Gasteiger partial charge in [-0.3, -0.25) is 0 Å². The Kier molecular flexibility index (Phi) is 3.57. The highest BCUT2D eigenvalue weighted by atomic mass is 16.5. The van der Waals surface area contributed by atoms with Crippen LogP contribution in [0, 0.1) is 0 Å². The Morgan fingerprint density at radius 1 is 1.25 bits per heavy atom. The lowest BCUT2D eigenvalue weighted by atomic mass is 9.96. The van der Waals surface area contributed by atoms with Crippen molar-refractivity contribution >= 4 is 5.97 Å². The van der Waals surface area contributed by atoms with Crippen molar-refractivity contribution in [2.75, 3.05) is 20.2 Å². The molecule has 1 aliphatic rings. The smallest absolute Gasteiger partial charge is 0.337 e. The molecule has 86 valence electrons. The van der Waals surface area contributed by atoms with Crippen molar-refractivity contribution in [1.82, 2.24) is 5.32 Å². The number of carbonyl (C=O) groups excluding carboxylic acids is 1. The summed E-state index contributed by atoms with van der Waals surface area (Å²) < 4.78 is 4.73. The quantitative estimate of drug-likeness (QED) is 0.728. The highest BCUT2D eigenvalue weighted by Gasteiger charge is 2.11. The molecule has 0 saturated carbocycles. The Morgan fingerprint density at radius 3 is 2.94 bits per heavy atom. The Balaban J connectivity index is 2.28. The first-order chi connectivity index (χ1) is 7.81. The number of nitrogens with one attached hydrogen (secondary N) is 1. The maximum absolute atomic E-state index is 11.4. The van der Waals surface area contributed by atoms with Gasteiger partial charge in [0.15, 0.2) is 0 Å². The third-order valence-corrected chi connectivity index (χ3v) is 3.00. The van der Waals surface area contributed by atoms with Crippen LogP contribution in [0.3, 0.4) is 0 Å². The van der Waals surface area contributed by atoms with E-state index >= 15 is 0 Å². The third-order valence-electron chi connectivity index (χ3n) is 3.00. The Labute approximate surface area is 95.8 Å². The van der Waals surface area contributed by atoms with Crippen molar-refractivity contribution in [2.24, 2.45) is 0 Å². The SMILES string of the molecule is COC(=O)c1ccc2c(c1)CCNCCC2. The number of esters is 1. The predicted molar refractivity (Wildman–Crippen MR) is 62.7 cm³/mol. The van der Waals surface area contributed by atoms with Crippen LogP contribution in [-0.4, -0.2) is 26.2 Å². The second-order valence-electron chi connectivity index (χ2n) is 4.08. The standard InChI is InChI=1S/C13H17NO2/c1-16-13(15)12-5-4-10-3-2-7-14-8-6-11(10)9-12/h4-5,9,14H,2-3,6-8H2,1H3. The molecular weight excluding hydrogens is 202 g/mol. The van der Waals surface area contributed by atoms with Gasteiger partial charge in [0.2, 0.25) is 0 Å². The summed E-state index contributed by atoms with van der Waals surface area (Å²) in [4.78, 5) is 11.4. The topological polar surface area (TPSA) is 38.3 Å². The molecule has 3 heteroatoms. The van der Waals surface area contributed by atoms with Crippen LogP contribution in [0.4, 0.5) is 0 Å². The summed E-state index contributed by atoms with van der Waals surface area (Å²) in [6, 6.07) is 5.89. The molecule has 1 aromatic rings. The minimum absolute atomic E-state index is 0.252. The zero-order valence-corrected chi connectivity index (χ0v) is 9.58. The largest absolute Gasteiger partial charge is 0.465 e. The van der Waals surface area contributed by atoms with Crippen LogP contribution in [0.5, 0.6) is 0 Å². The molecule has 16 heavy (non-hydrogen) atoms. The molecule has 0 aromatic heterocycles. The van der Waals surface area contributed by atoms with Gasteiger partial charge in [-0.05, 0) is 55.6 Å². The van der Waals surface area contributed by atoms with Gasteiger partial charge in [0.1, 0.15) is 0 Å². The van der Waals surface area contributed by atoms with E-state index in [0.29, 0.717) is 5.56 Å². The van der Waals surface area contributed by atoms with Gasteiger partial charge in [0.05, 0.1) is 12.7 Å². The average Bonchev–Trinajstić information content (AvgIpc) is 2.28. The number of benzene rings is 1. The van der Waals surface area contributed by atoms with E-state index in [0.717, 1.165) is 32.4 Å². The van der Waals surface area contributed by atoms with Crippen molar-refractivity contribution < 1.29 is 9.53 Å². The summed E-state index contributed by atoms with van der Waals surface area (Å²) in [6.07, 6.45) is 3.23. The summed E-state index contributed by atoms with van der Waals surface area (Å²) in [5.74, 6) is -0.252. The molecular formula is C13H17NO2. The van der Waals surface area contributed by atoms with E-state index in [1.807, 2.05) is 12.1 Å². The third kappa shape index (κ3) is 2.42. The number of aryl methyl sites for hydroxylation is 1. The van der Waals surface area contributed by atoms with Gasteiger partial charge >= 0.3 is 5.97 Å². The van der Waals surface area contributed by atoms with Gasteiger partial charge in [-0.2, -0.15) is 0 Å².